The Balaban J connectivity index is 2.49. The number of rotatable bonds is 5. The third-order valence-electron chi connectivity index (χ3n) is 4.52. The van der Waals surface area contributed by atoms with E-state index < -0.39 is 6.60 Å². The summed E-state index contributed by atoms with van der Waals surface area (Å²) in [5, 5.41) is 3.00. The van der Waals surface area contributed by atoms with Crippen LogP contribution in [0.3, 0.4) is 0 Å². The van der Waals surface area contributed by atoms with Crippen molar-refractivity contribution in [3.63, 3.8) is 0 Å². The second-order valence-electron chi connectivity index (χ2n) is 5.61. The molecule has 23 heavy (non-hydrogen) atoms. The third-order valence-corrected chi connectivity index (χ3v) is 11.4. The maximum absolute atomic E-state index is 12.8. The van der Waals surface area contributed by atoms with Crippen molar-refractivity contribution in [2.75, 3.05) is 5.62 Å². The molecular formula is C20H18ClOP. The zero-order chi connectivity index (χ0) is 16.2. The fourth-order valence-corrected chi connectivity index (χ4v) is 8.87. The summed E-state index contributed by atoms with van der Waals surface area (Å²) in [5.74, 6) is 0. The number of halogens is 1. The van der Waals surface area contributed by atoms with E-state index in [9.17, 15) is 4.79 Å². The molecule has 0 radical (unpaired) electrons. The van der Waals surface area contributed by atoms with Gasteiger partial charge in [0.2, 0.25) is 0 Å². The Labute approximate surface area is 141 Å². The molecule has 3 aromatic rings. The van der Waals surface area contributed by atoms with Crippen molar-refractivity contribution < 1.29 is 4.79 Å². The van der Waals surface area contributed by atoms with Crippen molar-refractivity contribution in [3.05, 3.63) is 91.0 Å². The van der Waals surface area contributed by atoms with Crippen LogP contribution < -0.4 is 15.9 Å². The first-order valence-electron chi connectivity index (χ1n) is 7.48. The molecule has 0 aromatic heterocycles. The summed E-state index contributed by atoms with van der Waals surface area (Å²) in [6, 6.07) is 31.0. The Hall–Kier alpha value is -1.95. The van der Waals surface area contributed by atoms with Crippen LogP contribution >= 0.6 is 18.2 Å². The van der Waals surface area contributed by atoms with Crippen molar-refractivity contribution >= 4 is 40.1 Å². The summed E-state index contributed by atoms with van der Waals surface area (Å²) < 4.78 is 0. The van der Waals surface area contributed by atoms with E-state index in [0.29, 0.717) is 0 Å². The van der Waals surface area contributed by atoms with Crippen LogP contribution in [0.5, 0.6) is 0 Å². The summed E-state index contributed by atoms with van der Waals surface area (Å²) in [4.78, 5) is 12.8. The van der Waals surface area contributed by atoms with E-state index in [0.717, 1.165) is 21.9 Å². The van der Waals surface area contributed by atoms with Gasteiger partial charge in [0, 0.05) is 0 Å². The van der Waals surface area contributed by atoms with Gasteiger partial charge >= 0.3 is 142 Å². The van der Waals surface area contributed by atoms with E-state index in [1.165, 1.54) is 0 Å². The molecule has 1 nitrogen and oxygen atoms in total. The van der Waals surface area contributed by atoms with Crippen LogP contribution in [-0.2, 0) is 4.79 Å². The molecule has 0 fully saturated rings. The molecule has 3 rings (SSSR count). The Morgan fingerprint density at radius 3 is 1.17 bits per heavy atom. The molecule has 3 heteroatoms. The van der Waals surface area contributed by atoms with Gasteiger partial charge in [-0.05, 0) is 0 Å². The number of benzene rings is 3. The van der Waals surface area contributed by atoms with E-state index in [-0.39, 0.29) is 5.62 Å². The van der Waals surface area contributed by atoms with Crippen molar-refractivity contribution in [2.24, 2.45) is 0 Å². The topological polar surface area (TPSA) is 17.1 Å². The van der Waals surface area contributed by atoms with Gasteiger partial charge in [-0.25, -0.2) is 0 Å². The molecule has 0 heterocycles. The van der Waals surface area contributed by atoms with Gasteiger partial charge in [0.15, 0.2) is 0 Å². The van der Waals surface area contributed by atoms with E-state index in [1.807, 2.05) is 91.0 Å². The van der Waals surface area contributed by atoms with Crippen LogP contribution in [-0.4, -0.2) is 11.6 Å². The van der Waals surface area contributed by atoms with E-state index in [1.54, 1.807) is 0 Å². The molecule has 0 saturated carbocycles. The zero-order valence-electron chi connectivity index (χ0n) is 12.7. The molecule has 0 N–H and O–H groups in total. The molecule has 0 aliphatic rings. The summed E-state index contributed by atoms with van der Waals surface area (Å²) in [6.07, 6.45) is 0. The predicted octanol–water partition coefficient (Wildman–Crippen LogP) is 3.90. The third kappa shape index (κ3) is 2.24. The normalized spacial score (nSPS) is 13.0. The Morgan fingerprint density at radius 1 is 0.652 bits per heavy atom. The monoisotopic (exact) mass is 340 g/mol. The first kappa shape index (κ1) is 15.9. The molecule has 0 aliphatic heterocycles. The van der Waals surface area contributed by atoms with Crippen molar-refractivity contribution in [3.8, 4) is 0 Å². The van der Waals surface area contributed by atoms with Gasteiger partial charge in [0.05, 0.1) is 0 Å². The molecule has 116 valence electrons. The van der Waals surface area contributed by atoms with Crippen molar-refractivity contribution in [1.82, 2.24) is 0 Å². The average Bonchev–Trinajstić information content (AvgIpc) is 2.67. The Bertz CT molecular complexity index is 688. The van der Waals surface area contributed by atoms with Gasteiger partial charge < -0.3 is 0 Å². The van der Waals surface area contributed by atoms with Crippen LogP contribution in [0.15, 0.2) is 91.0 Å². The van der Waals surface area contributed by atoms with E-state index in [4.69, 9.17) is 11.6 Å². The molecular weight excluding hydrogens is 323 g/mol. The van der Waals surface area contributed by atoms with Gasteiger partial charge in [-0.15, -0.1) is 0 Å². The van der Waals surface area contributed by atoms with Crippen LogP contribution in [0, 0.1) is 0 Å². The molecule has 0 amide bonds. The Kier molecular flexibility index (Phi) is 4.35. The molecule has 0 bridgehead atoms. The summed E-state index contributed by atoms with van der Waals surface area (Å²) in [5.41, 5.74) is 0.257. The van der Waals surface area contributed by atoms with Gasteiger partial charge in [0.25, 0.3) is 0 Å². The second-order valence-corrected chi connectivity index (χ2v) is 11.1. The fourth-order valence-electron chi connectivity index (χ4n) is 3.17. The van der Waals surface area contributed by atoms with Crippen molar-refractivity contribution in [2.45, 2.75) is 0 Å². The molecule has 0 atom stereocenters. The fraction of sp³-hybridized carbons (Fsp3) is 0.0500. The first-order chi connectivity index (χ1) is 11.3. The van der Waals surface area contributed by atoms with Gasteiger partial charge in [0.1, 0.15) is 0 Å². The SMILES string of the molecule is O=CP(CCl)(c1ccccc1)(c1ccccc1)c1ccccc1. The number of carbonyl (C=O) groups is 1. The minimum absolute atomic E-state index is 0.257. The van der Waals surface area contributed by atoms with E-state index in [2.05, 4.69) is 0 Å². The summed E-state index contributed by atoms with van der Waals surface area (Å²) in [6.45, 7) is -3.34. The number of carbonyl (C=O) groups excluding carboxylic acids is 1. The van der Waals surface area contributed by atoms with E-state index >= 15 is 0 Å². The van der Waals surface area contributed by atoms with Crippen LogP contribution in [0.4, 0.5) is 0 Å². The van der Waals surface area contributed by atoms with Crippen LogP contribution in [0.25, 0.3) is 0 Å². The molecule has 0 saturated heterocycles. The van der Waals surface area contributed by atoms with Crippen LogP contribution in [0.2, 0.25) is 0 Å². The molecule has 3 aromatic carbocycles. The molecule has 0 spiro atoms. The minimum atomic E-state index is -3.34. The average molecular weight is 341 g/mol. The number of hydrogen-bond acceptors (Lipinski definition) is 1. The molecule has 0 unspecified atom stereocenters. The predicted molar refractivity (Wildman–Crippen MR) is 103 cm³/mol. The summed E-state index contributed by atoms with van der Waals surface area (Å²) >= 11 is 6.61. The number of hydrogen-bond donors (Lipinski definition) is 0. The maximum atomic E-state index is 12.8. The van der Waals surface area contributed by atoms with Crippen LogP contribution in [0.1, 0.15) is 0 Å². The molecule has 0 aliphatic carbocycles. The van der Waals surface area contributed by atoms with Gasteiger partial charge in [-0.1, -0.05) is 0 Å². The number of alkyl halides is 1. The van der Waals surface area contributed by atoms with Crippen molar-refractivity contribution in [1.29, 1.82) is 0 Å². The Morgan fingerprint density at radius 2 is 0.957 bits per heavy atom. The van der Waals surface area contributed by atoms with Gasteiger partial charge in [-0.3, -0.25) is 0 Å². The zero-order valence-corrected chi connectivity index (χ0v) is 14.3. The summed E-state index contributed by atoms with van der Waals surface area (Å²) in [7, 11) is 0. The second kappa shape index (κ2) is 6.28. The first-order valence-corrected chi connectivity index (χ1v) is 10.5. The van der Waals surface area contributed by atoms with Gasteiger partial charge in [-0.2, -0.15) is 0 Å². The standard InChI is InChI=1S/C20H18ClOP/c21-16-23(17-22,18-10-4-1-5-11-18,19-12-6-2-7-13-19)20-14-8-3-9-15-20/h1-15,17H,16H2. The quantitative estimate of drug-likeness (QED) is 0.391.